The second-order valence-electron chi connectivity index (χ2n) is 12.1. The first-order valence-electron chi connectivity index (χ1n) is 16.2. The Morgan fingerprint density at radius 2 is 1.50 bits per heavy atom. The van der Waals surface area contributed by atoms with E-state index in [0.29, 0.717) is 55.8 Å². The van der Waals surface area contributed by atoms with Crippen LogP contribution in [0.1, 0.15) is 38.3 Å². The molecule has 22 heteroatoms. The summed E-state index contributed by atoms with van der Waals surface area (Å²) in [5.74, 6) is -4.60. The number of alkyl halides is 6. The SMILES string of the molecule is CC(=O)N1CCC(C(=O)N2CCN(c3c(C(C)Nc4ncnc5nc[nH]c45)cc(Cl)c4cccnc34)CC2)CC1.O=C(O)C(F)(F)F.O=C(O)C(F)(F)F. The molecular formula is C32H34ClF6N9O6. The number of likely N-dealkylation sites (tertiary alicyclic amines) is 1. The van der Waals surface area contributed by atoms with Crippen molar-refractivity contribution in [1.29, 1.82) is 0 Å². The van der Waals surface area contributed by atoms with Gasteiger partial charge in [-0.2, -0.15) is 26.3 Å². The molecule has 2 aliphatic heterocycles. The third-order valence-corrected chi connectivity index (χ3v) is 8.88. The largest absolute Gasteiger partial charge is 0.490 e. The zero-order valence-corrected chi connectivity index (χ0v) is 29.3. The number of piperidine rings is 1. The summed E-state index contributed by atoms with van der Waals surface area (Å²) in [5, 5.41) is 19.3. The van der Waals surface area contributed by atoms with Crippen molar-refractivity contribution < 1.29 is 55.7 Å². The summed E-state index contributed by atoms with van der Waals surface area (Å²) in [7, 11) is 0. The number of H-pyrrole nitrogens is 1. The number of pyridine rings is 1. The van der Waals surface area contributed by atoms with Gasteiger partial charge in [0, 0.05) is 69.3 Å². The Morgan fingerprint density at radius 3 is 2.06 bits per heavy atom. The monoisotopic (exact) mass is 789 g/mol. The number of hydrogen-bond donors (Lipinski definition) is 4. The standard InChI is InChI=1S/C28H32ClN9O2.2C2HF3O2/c1-17(35-27-24-26(32-15-31-24)33-16-34-27)21-14-22(29)20-4-3-7-30-23(20)25(21)37-10-12-38(13-11-37)28(40)19-5-8-36(9-6-19)18(2)39;2*3-2(4,5)1(6)7/h3-4,7,14-17,19H,5-6,8-13H2,1-2H3,(H2,31,32,33,34,35);2*(H,6,7). The fraction of sp³-hybridized carbons (Fsp3) is 0.438. The van der Waals surface area contributed by atoms with Gasteiger partial charge >= 0.3 is 24.3 Å². The Labute approximate surface area is 307 Å². The number of hydrogen-bond acceptors (Lipinski definition) is 10. The summed E-state index contributed by atoms with van der Waals surface area (Å²) in [6.45, 7) is 7.59. The number of aromatic nitrogens is 5. The molecule has 5 heterocycles. The average Bonchev–Trinajstić information content (AvgIpc) is 3.61. The molecule has 6 rings (SSSR count). The van der Waals surface area contributed by atoms with Gasteiger partial charge < -0.3 is 35.2 Å². The predicted molar refractivity (Wildman–Crippen MR) is 182 cm³/mol. The summed E-state index contributed by atoms with van der Waals surface area (Å²) in [5.41, 5.74) is 4.18. The van der Waals surface area contributed by atoms with E-state index in [4.69, 9.17) is 36.4 Å². The molecule has 1 aromatic carbocycles. The van der Waals surface area contributed by atoms with E-state index in [2.05, 4.69) is 37.1 Å². The first-order valence-corrected chi connectivity index (χ1v) is 16.5. The third kappa shape index (κ3) is 10.1. The van der Waals surface area contributed by atoms with Gasteiger partial charge in [0.15, 0.2) is 11.5 Å². The zero-order valence-electron chi connectivity index (χ0n) is 28.6. The molecule has 4 N–H and O–H groups in total. The van der Waals surface area contributed by atoms with Gasteiger partial charge in [-0.05, 0) is 38.0 Å². The van der Waals surface area contributed by atoms with Gasteiger partial charge in [0.1, 0.15) is 11.8 Å². The smallest absolute Gasteiger partial charge is 0.475 e. The van der Waals surface area contributed by atoms with Crippen LogP contribution in [0.5, 0.6) is 0 Å². The first kappa shape index (κ1) is 41.3. The van der Waals surface area contributed by atoms with Gasteiger partial charge in [-0.1, -0.05) is 11.6 Å². The van der Waals surface area contributed by atoms with Crippen LogP contribution in [0.3, 0.4) is 0 Å². The molecule has 0 spiro atoms. The number of carbonyl (C=O) groups is 4. The summed E-state index contributed by atoms with van der Waals surface area (Å²) in [6, 6.07) is 5.72. The van der Waals surface area contributed by atoms with Gasteiger partial charge in [-0.15, -0.1) is 0 Å². The van der Waals surface area contributed by atoms with Crippen molar-refractivity contribution in [1.82, 2.24) is 34.7 Å². The fourth-order valence-corrected chi connectivity index (χ4v) is 6.15. The summed E-state index contributed by atoms with van der Waals surface area (Å²) in [6.07, 6.45) is -3.83. The van der Waals surface area contributed by atoms with Crippen molar-refractivity contribution in [2.75, 3.05) is 49.5 Å². The highest BCUT2D eigenvalue weighted by molar-refractivity contribution is 6.36. The lowest BCUT2D eigenvalue weighted by Crippen LogP contribution is -2.52. The van der Waals surface area contributed by atoms with Crippen LogP contribution in [0, 0.1) is 5.92 Å². The molecular weight excluding hydrogens is 756 g/mol. The van der Waals surface area contributed by atoms with Crippen molar-refractivity contribution in [3.8, 4) is 0 Å². The number of piperazine rings is 1. The maximum absolute atomic E-state index is 13.3. The van der Waals surface area contributed by atoms with Gasteiger partial charge in [-0.3, -0.25) is 14.6 Å². The Morgan fingerprint density at radius 1 is 0.907 bits per heavy atom. The van der Waals surface area contributed by atoms with Crippen LogP contribution in [0.15, 0.2) is 37.1 Å². The van der Waals surface area contributed by atoms with E-state index in [1.807, 2.05) is 28.0 Å². The zero-order chi connectivity index (χ0) is 40.0. The van der Waals surface area contributed by atoms with Crippen molar-refractivity contribution in [3.63, 3.8) is 0 Å². The summed E-state index contributed by atoms with van der Waals surface area (Å²) >= 11 is 6.77. The Kier molecular flexibility index (Phi) is 13.1. The van der Waals surface area contributed by atoms with Crippen LogP contribution in [0.2, 0.25) is 5.02 Å². The van der Waals surface area contributed by atoms with Crippen LogP contribution in [-0.2, 0) is 19.2 Å². The maximum Gasteiger partial charge on any atom is 0.490 e. The van der Waals surface area contributed by atoms with Gasteiger partial charge in [0.2, 0.25) is 11.8 Å². The molecule has 292 valence electrons. The molecule has 2 amide bonds. The van der Waals surface area contributed by atoms with E-state index >= 15 is 0 Å². The lowest BCUT2D eigenvalue weighted by atomic mass is 9.94. The lowest BCUT2D eigenvalue weighted by molar-refractivity contribution is -0.193. The molecule has 0 radical (unpaired) electrons. The Bertz CT molecular complexity index is 1960. The lowest BCUT2D eigenvalue weighted by Gasteiger charge is -2.40. The minimum Gasteiger partial charge on any atom is -0.475 e. The highest BCUT2D eigenvalue weighted by atomic mass is 35.5. The van der Waals surface area contributed by atoms with Crippen LogP contribution < -0.4 is 10.2 Å². The van der Waals surface area contributed by atoms with Gasteiger partial charge in [0.25, 0.3) is 0 Å². The number of imidazole rings is 1. The molecule has 2 saturated heterocycles. The highest BCUT2D eigenvalue weighted by Gasteiger charge is 2.39. The number of carbonyl (C=O) groups excluding carboxylic acids is 2. The van der Waals surface area contributed by atoms with Crippen LogP contribution in [0.4, 0.5) is 37.8 Å². The molecule has 0 aliphatic carbocycles. The van der Waals surface area contributed by atoms with E-state index in [-0.39, 0.29) is 23.8 Å². The van der Waals surface area contributed by atoms with E-state index < -0.39 is 24.3 Å². The number of aromatic amines is 1. The molecule has 3 aromatic heterocycles. The number of rotatable bonds is 5. The average molecular weight is 790 g/mol. The van der Waals surface area contributed by atoms with E-state index in [0.717, 1.165) is 40.5 Å². The number of halogens is 7. The topological polar surface area (TPSA) is 198 Å². The van der Waals surface area contributed by atoms with E-state index in [1.54, 1.807) is 19.4 Å². The van der Waals surface area contributed by atoms with Crippen LogP contribution >= 0.6 is 11.6 Å². The van der Waals surface area contributed by atoms with Gasteiger partial charge in [-0.25, -0.2) is 24.5 Å². The number of nitrogens with one attached hydrogen (secondary N) is 2. The fourth-order valence-electron chi connectivity index (χ4n) is 5.88. The quantitative estimate of drug-likeness (QED) is 0.200. The number of benzene rings is 1. The molecule has 0 bridgehead atoms. The van der Waals surface area contributed by atoms with Crippen LogP contribution in [0.25, 0.3) is 22.1 Å². The minimum absolute atomic E-state index is 0.0212. The number of aliphatic carboxylic acids is 2. The van der Waals surface area contributed by atoms with Crippen molar-refractivity contribution in [2.24, 2.45) is 5.92 Å². The van der Waals surface area contributed by atoms with Crippen molar-refractivity contribution in [2.45, 2.75) is 45.1 Å². The van der Waals surface area contributed by atoms with Crippen LogP contribution in [-0.4, -0.2) is 120 Å². The number of fused-ring (bicyclic) bond motifs is 2. The third-order valence-electron chi connectivity index (χ3n) is 8.57. The number of carboxylic acids is 2. The van der Waals surface area contributed by atoms with Crippen molar-refractivity contribution >= 4 is 68.9 Å². The maximum atomic E-state index is 13.3. The van der Waals surface area contributed by atoms with Crippen molar-refractivity contribution in [3.05, 3.63) is 47.6 Å². The molecule has 2 aliphatic rings. The summed E-state index contributed by atoms with van der Waals surface area (Å²) in [4.78, 5) is 69.7. The molecule has 1 atom stereocenters. The molecule has 1 unspecified atom stereocenters. The minimum atomic E-state index is -5.08. The summed E-state index contributed by atoms with van der Waals surface area (Å²) < 4.78 is 63.5. The second-order valence-corrected chi connectivity index (χ2v) is 12.5. The first-order chi connectivity index (χ1) is 25.3. The molecule has 0 saturated carbocycles. The molecule has 15 nitrogen and oxygen atoms in total. The normalized spacial score (nSPS) is 15.8. The second kappa shape index (κ2) is 17.1. The van der Waals surface area contributed by atoms with E-state index in [1.165, 1.54) is 6.33 Å². The number of carboxylic acid groups (broad SMARTS) is 2. The van der Waals surface area contributed by atoms with E-state index in [9.17, 15) is 35.9 Å². The molecule has 54 heavy (non-hydrogen) atoms. The Balaban J connectivity index is 0.000000396. The highest BCUT2D eigenvalue weighted by Crippen LogP contribution is 2.39. The Hall–Kier alpha value is -5.47. The molecule has 2 fully saturated rings. The number of amides is 2. The molecule has 4 aromatic rings. The number of anilines is 2. The predicted octanol–water partition coefficient (Wildman–Crippen LogP) is 4.90. The van der Waals surface area contributed by atoms with Gasteiger partial charge in [0.05, 0.1) is 28.6 Å². The number of nitrogens with zero attached hydrogens (tertiary/aromatic N) is 7.